The Morgan fingerprint density at radius 3 is 2.50 bits per heavy atom. The lowest BCUT2D eigenvalue weighted by Crippen LogP contribution is -2.32. The van der Waals surface area contributed by atoms with E-state index in [0.717, 1.165) is 5.56 Å². The predicted octanol–water partition coefficient (Wildman–Crippen LogP) is 2.83. The lowest BCUT2D eigenvalue weighted by atomic mass is 10.0. The molecule has 0 saturated carbocycles. The summed E-state index contributed by atoms with van der Waals surface area (Å²) in [6.07, 6.45) is 4.97. The number of carbonyl (C=O) groups is 1. The standard InChI is InChI=1S/C17H23NO2/c1-4-11-18(12-13-19)17(20)10-7-15-5-8-16(9-6-15)14(2)3/h4-10,14,19H,1,11-13H2,2-3H3/b10-7+. The van der Waals surface area contributed by atoms with Crippen molar-refractivity contribution in [3.63, 3.8) is 0 Å². The molecule has 0 saturated heterocycles. The molecule has 0 aliphatic rings. The molecule has 0 spiro atoms. The van der Waals surface area contributed by atoms with Crippen LogP contribution in [0.4, 0.5) is 0 Å². The Hall–Kier alpha value is -1.87. The van der Waals surface area contributed by atoms with E-state index < -0.39 is 0 Å². The third kappa shape index (κ3) is 5.02. The van der Waals surface area contributed by atoms with Gasteiger partial charge < -0.3 is 10.0 Å². The molecule has 0 heterocycles. The van der Waals surface area contributed by atoms with Gasteiger partial charge in [-0.25, -0.2) is 0 Å². The molecule has 1 aromatic rings. The van der Waals surface area contributed by atoms with Crippen LogP contribution in [0.15, 0.2) is 43.0 Å². The second-order valence-corrected chi connectivity index (χ2v) is 4.95. The molecule has 0 unspecified atom stereocenters. The van der Waals surface area contributed by atoms with Crippen LogP contribution in [0.5, 0.6) is 0 Å². The van der Waals surface area contributed by atoms with Crippen molar-refractivity contribution in [3.8, 4) is 0 Å². The first kappa shape index (κ1) is 16.2. The van der Waals surface area contributed by atoms with Gasteiger partial charge in [0.1, 0.15) is 0 Å². The van der Waals surface area contributed by atoms with Crippen LogP contribution in [0.2, 0.25) is 0 Å². The summed E-state index contributed by atoms with van der Waals surface area (Å²) in [5.41, 5.74) is 2.27. The van der Waals surface area contributed by atoms with Crippen molar-refractivity contribution in [1.29, 1.82) is 0 Å². The summed E-state index contributed by atoms with van der Waals surface area (Å²) in [7, 11) is 0. The van der Waals surface area contributed by atoms with Crippen LogP contribution >= 0.6 is 0 Å². The van der Waals surface area contributed by atoms with Crippen molar-refractivity contribution in [2.75, 3.05) is 19.7 Å². The lowest BCUT2D eigenvalue weighted by molar-refractivity contribution is -0.125. The molecule has 0 fully saturated rings. The van der Waals surface area contributed by atoms with Crippen LogP contribution in [0.25, 0.3) is 6.08 Å². The molecule has 0 atom stereocenters. The van der Waals surface area contributed by atoms with Gasteiger partial charge in [0.2, 0.25) is 5.91 Å². The third-order valence-electron chi connectivity index (χ3n) is 3.05. The molecule has 1 amide bonds. The van der Waals surface area contributed by atoms with E-state index in [2.05, 4.69) is 32.6 Å². The van der Waals surface area contributed by atoms with Crippen LogP contribution in [-0.2, 0) is 4.79 Å². The van der Waals surface area contributed by atoms with Gasteiger partial charge in [-0.05, 0) is 23.1 Å². The third-order valence-corrected chi connectivity index (χ3v) is 3.05. The van der Waals surface area contributed by atoms with Gasteiger partial charge in [0.25, 0.3) is 0 Å². The second-order valence-electron chi connectivity index (χ2n) is 4.95. The number of benzene rings is 1. The van der Waals surface area contributed by atoms with Crippen molar-refractivity contribution in [2.24, 2.45) is 0 Å². The van der Waals surface area contributed by atoms with Gasteiger partial charge in [-0.3, -0.25) is 4.79 Å². The summed E-state index contributed by atoms with van der Waals surface area (Å²) in [5.74, 6) is 0.384. The first-order valence-electron chi connectivity index (χ1n) is 6.87. The Balaban J connectivity index is 2.70. The quantitative estimate of drug-likeness (QED) is 0.613. The number of carbonyl (C=O) groups excluding carboxylic acids is 1. The maximum absolute atomic E-state index is 12.0. The van der Waals surface area contributed by atoms with Crippen molar-refractivity contribution in [3.05, 3.63) is 54.1 Å². The second kappa shape index (κ2) is 8.33. The Bertz CT molecular complexity index is 460. The molecule has 0 aliphatic heterocycles. The monoisotopic (exact) mass is 273 g/mol. The van der Waals surface area contributed by atoms with Crippen LogP contribution < -0.4 is 0 Å². The van der Waals surface area contributed by atoms with E-state index in [1.165, 1.54) is 11.6 Å². The fraction of sp³-hybridized carbons (Fsp3) is 0.353. The zero-order valence-electron chi connectivity index (χ0n) is 12.2. The summed E-state index contributed by atoms with van der Waals surface area (Å²) in [5, 5.41) is 8.93. The molecule has 3 heteroatoms. The first-order chi connectivity index (χ1) is 9.58. The molecule has 3 nitrogen and oxygen atoms in total. The fourth-order valence-electron chi connectivity index (χ4n) is 1.83. The van der Waals surface area contributed by atoms with Crippen molar-refractivity contribution >= 4 is 12.0 Å². The Morgan fingerprint density at radius 2 is 2.00 bits per heavy atom. The number of hydrogen-bond donors (Lipinski definition) is 1. The maximum Gasteiger partial charge on any atom is 0.246 e. The van der Waals surface area contributed by atoms with E-state index in [1.807, 2.05) is 12.1 Å². The molecule has 1 rings (SSSR count). The van der Waals surface area contributed by atoms with E-state index in [0.29, 0.717) is 19.0 Å². The smallest absolute Gasteiger partial charge is 0.246 e. The van der Waals surface area contributed by atoms with Gasteiger partial charge >= 0.3 is 0 Å². The van der Waals surface area contributed by atoms with Crippen molar-refractivity contribution < 1.29 is 9.90 Å². The van der Waals surface area contributed by atoms with Gasteiger partial charge in [-0.2, -0.15) is 0 Å². The fourth-order valence-corrected chi connectivity index (χ4v) is 1.83. The topological polar surface area (TPSA) is 40.5 Å². The largest absolute Gasteiger partial charge is 0.395 e. The number of aliphatic hydroxyl groups is 1. The highest BCUT2D eigenvalue weighted by molar-refractivity contribution is 5.91. The summed E-state index contributed by atoms with van der Waals surface area (Å²) >= 11 is 0. The van der Waals surface area contributed by atoms with E-state index in [9.17, 15) is 4.79 Å². The molecule has 20 heavy (non-hydrogen) atoms. The van der Waals surface area contributed by atoms with Gasteiger partial charge in [0, 0.05) is 19.2 Å². The highest BCUT2D eigenvalue weighted by Gasteiger charge is 2.07. The zero-order valence-corrected chi connectivity index (χ0v) is 12.2. The minimum Gasteiger partial charge on any atom is -0.395 e. The van der Waals surface area contributed by atoms with E-state index in [4.69, 9.17) is 5.11 Å². The van der Waals surface area contributed by atoms with Gasteiger partial charge in [0.05, 0.1) is 6.61 Å². The molecule has 0 aliphatic carbocycles. The minimum atomic E-state index is -0.119. The first-order valence-corrected chi connectivity index (χ1v) is 6.87. The summed E-state index contributed by atoms with van der Waals surface area (Å²) in [6, 6.07) is 8.15. The summed E-state index contributed by atoms with van der Waals surface area (Å²) < 4.78 is 0. The average molecular weight is 273 g/mol. The van der Waals surface area contributed by atoms with Gasteiger partial charge in [-0.1, -0.05) is 44.2 Å². The summed E-state index contributed by atoms with van der Waals surface area (Å²) in [6.45, 7) is 8.62. The average Bonchev–Trinajstić information content (AvgIpc) is 2.45. The summed E-state index contributed by atoms with van der Waals surface area (Å²) in [4.78, 5) is 13.5. The Labute approximate surface area is 121 Å². The number of rotatable bonds is 7. The highest BCUT2D eigenvalue weighted by Crippen LogP contribution is 2.15. The molecular weight excluding hydrogens is 250 g/mol. The van der Waals surface area contributed by atoms with Crippen molar-refractivity contribution in [2.45, 2.75) is 19.8 Å². The molecule has 1 N–H and O–H groups in total. The molecule has 0 bridgehead atoms. The van der Waals surface area contributed by atoms with Crippen LogP contribution in [0.3, 0.4) is 0 Å². The molecule has 108 valence electrons. The molecular formula is C17H23NO2. The SMILES string of the molecule is C=CCN(CCO)C(=O)/C=C/c1ccc(C(C)C)cc1. The number of nitrogens with zero attached hydrogens (tertiary/aromatic N) is 1. The van der Waals surface area contributed by atoms with E-state index in [-0.39, 0.29) is 12.5 Å². The number of aliphatic hydroxyl groups excluding tert-OH is 1. The Morgan fingerprint density at radius 1 is 1.35 bits per heavy atom. The normalized spacial score (nSPS) is 11.0. The molecule has 0 aromatic heterocycles. The Kier molecular flexibility index (Phi) is 6.74. The highest BCUT2D eigenvalue weighted by atomic mass is 16.3. The minimum absolute atomic E-state index is 0.0451. The van der Waals surface area contributed by atoms with Crippen LogP contribution in [-0.4, -0.2) is 35.6 Å². The lowest BCUT2D eigenvalue weighted by Gasteiger charge is -2.17. The van der Waals surface area contributed by atoms with Crippen molar-refractivity contribution in [1.82, 2.24) is 4.90 Å². The van der Waals surface area contributed by atoms with Crippen LogP contribution in [0, 0.1) is 0 Å². The zero-order chi connectivity index (χ0) is 15.0. The number of hydrogen-bond acceptors (Lipinski definition) is 2. The van der Waals surface area contributed by atoms with Crippen LogP contribution in [0.1, 0.15) is 30.9 Å². The van der Waals surface area contributed by atoms with E-state index >= 15 is 0 Å². The van der Waals surface area contributed by atoms with Gasteiger partial charge in [-0.15, -0.1) is 6.58 Å². The number of amides is 1. The van der Waals surface area contributed by atoms with Gasteiger partial charge in [0.15, 0.2) is 0 Å². The van der Waals surface area contributed by atoms with E-state index in [1.54, 1.807) is 17.1 Å². The maximum atomic E-state index is 12.0. The molecule has 0 radical (unpaired) electrons. The molecule has 1 aromatic carbocycles. The predicted molar refractivity (Wildman–Crippen MR) is 83.4 cm³/mol.